The summed E-state index contributed by atoms with van der Waals surface area (Å²) >= 11 is 0. The molecular weight excluding hydrogens is 236 g/mol. The highest BCUT2D eigenvalue weighted by atomic mass is 28.3. The van der Waals surface area contributed by atoms with Crippen LogP contribution in [0.3, 0.4) is 0 Å². The van der Waals surface area contributed by atoms with Crippen molar-refractivity contribution in [1.82, 2.24) is 0 Å². The van der Waals surface area contributed by atoms with Gasteiger partial charge in [-0.25, -0.2) is 0 Å². The van der Waals surface area contributed by atoms with Gasteiger partial charge in [0, 0.05) is 8.07 Å². The lowest BCUT2D eigenvalue weighted by Gasteiger charge is -2.12. The van der Waals surface area contributed by atoms with Crippen molar-refractivity contribution in [2.24, 2.45) is 0 Å². The van der Waals surface area contributed by atoms with E-state index in [1.165, 1.54) is 11.6 Å². The number of aliphatic hydroxyl groups excluding tert-OH is 1. The van der Waals surface area contributed by atoms with Crippen molar-refractivity contribution in [2.75, 3.05) is 0 Å². The lowest BCUT2D eigenvalue weighted by atomic mass is 10.1. The van der Waals surface area contributed by atoms with Crippen LogP contribution in [-0.2, 0) is 6.42 Å². The Balaban J connectivity index is 2.20. The highest BCUT2D eigenvalue weighted by Gasteiger charge is 2.09. The molecule has 0 aromatic heterocycles. The molecule has 1 unspecified atom stereocenters. The molecule has 1 nitrogen and oxygen atoms in total. The average Bonchev–Trinajstić information content (AvgIpc) is 2.32. The molecule has 0 aliphatic carbocycles. The van der Waals surface area contributed by atoms with E-state index >= 15 is 0 Å². The van der Waals surface area contributed by atoms with Crippen LogP contribution in [0.4, 0.5) is 0 Å². The van der Waals surface area contributed by atoms with E-state index in [2.05, 4.69) is 56.1 Å². The molecule has 0 heterocycles. The minimum absolute atomic E-state index is 0.205. The summed E-state index contributed by atoms with van der Waals surface area (Å²) in [4.78, 5) is 0. The van der Waals surface area contributed by atoms with Gasteiger partial charge in [-0.15, -0.1) is 0 Å². The normalized spacial score (nSPS) is 14.0. The minimum atomic E-state index is -0.969. The number of allylic oxidation sites excluding steroid dienone is 1. The first kappa shape index (κ1) is 15.2. The summed E-state index contributed by atoms with van der Waals surface area (Å²) in [6.07, 6.45) is 6.79. The van der Waals surface area contributed by atoms with Gasteiger partial charge in [-0.2, -0.15) is 0 Å². The molecule has 0 spiro atoms. The Kier molecular flexibility index (Phi) is 6.37. The Morgan fingerprint density at radius 1 is 1.11 bits per heavy atom. The van der Waals surface area contributed by atoms with Gasteiger partial charge >= 0.3 is 0 Å². The lowest BCUT2D eigenvalue weighted by Crippen LogP contribution is -2.17. The van der Waals surface area contributed by atoms with Gasteiger partial charge in [-0.3, -0.25) is 0 Å². The fourth-order valence-electron chi connectivity index (χ4n) is 1.79. The molecule has 0 aliphatic rings. The number of hydrogen-bond donors (Lipinski definition) is 1. The second kappa shape index (κ2) is 7.55. The van der Waals surface area contributed by atoms with Crippen molar-refractivity contribution in [2.45, 2.75) is 51.1 Å². The second-order valence-electron chi connectivity index (χ2n) is 6.15. The summed E-state index contributed by atoms with van der Waals surface area (Å²) in [6.45, 7) is 7.09. The van der Waals surface area contributed by atoms with Crippen molar-refractivity contribution < 1.29 is 5.11 Å². The maximum Gasteiger partial charge on any atom is 0.0577 e. The van der Waals surface area contributed by atoms with E-state index < -0.39 is 8.07 Å². The molecule has 18 heavy (non-hydrogen) atoms. The third-order valence-corrected chi connectivity index (χ3v) is 4.37. The zero-order chi connectivity index (χ0) is 13.4. The van der Waals surface area contributed by atoms with Crippen LogP contribution in [0, 0.1) is 0 Å². The van der Waals surface area contributed by atoms with Crippen LogP contribution in [0.25, 0.3) is 0 Å². The summed E-state index contributed by atoms with van der Waals surface area (Å²) in [6, 6.07) is 11.6. The third kappa shape index (κ3) is 7.46. The van der Waals surface area contributed by atoms with Crippen LogP contribution in [-0.4, -0.2) is 19.3 Å². The molecule has 1 rings (SSSR count). The molecule has 0 radical (unpaired) electrons. The van der Waals surface area contributed by atoms with Crippen molar-refractivity contribution in [3.8, 4) is 0 Å². The van der Waals surface area contributed by atoms with Crippen LogP contribution in [0.1, 0.15) is 18.4 Å². The Morgan fingerprint density at radius 3 is 2.39 bits per heavy atom. The van der Waals surface area contributed by atoms with E-state index in [-0.39, 0.29) is 6.10 Å². The molecule has 0 amide bonds. The zero-order valence-corrected chi connectivity index (χ0v) is 12.9. The van der Waals surface area contributed by atoms with Gasteiger partial charge in [-0.1, -0.05) is 62.1 Å². The molecule has 1 aromatic carbocycles. The lowest BCUT2D eigenvalue weighted by molar-refractivity contribution is 0.168. The van der Waals surface area contributed by atoms with Gasteiger partial charge < -0.3 is 5.11 Å². The van der Waals surface area contributed by atoms with Crippen LogP contribution in [0.5, 0.6) is 0 Å². The summed E-state index contributed by atoms with van der Waals surface area (Å²) in [7, 11) is -0.969. The van der Waals surface area contributed by atoms with Gasteiger partial charge in [0.25, 0.3) is 0 Å². The standard InChI is InChI=1S/C16H26OSi/c1-18(2,3)14-8-7-11-16(17)13-12-15-9-5-4-6-10-15/h4-10,16-17H,11-14H2,1-3H3/b8-7+. The first-order chi connectivity index (χ1) is 8.47. The monoisotopic (exact) mass is 262 g/mol. The van der Waals surface area contributed by atoms with E-state index in [4.69, 9.17) is 0 Å². The smallest absolute Gasteiger partial charge is 0.0577 e. The minimum Gasteiger partial charge on any atom is -0.393 e. The molecule has 1 N–H and O–H groups in total. The van der Waals surface area contributed by atoms with E-state index in [0.717, 1.165) is 19.3 Å². The largest absolute Gasteiger partial charge is 0.393 e. The molecule has 0 saturated heterocycles. The van der Waals surface area contributed by atoms with Crippen LogP contribution in [0.15, 0.2) is 42.5 Å². The molecule has 1 atom stereocenters. The Bertz CT molecular complexity index is 351. The van der Waals surface area contributed by atoms with Crippen LogP contribution in [0.2, 0.25) is 25.7 Å². The second-order valence-corrected chi connectivity index (χ2v) is 11.7. The van der Waals surface area contributed by atoms with E-state index in [0.29, 0.717) is 0 Å². The quantitative estimate of drug-likeness (QED) is 0.575. The van der Waals surface area contributed by atoms with Crippen LogP contribution < -0.4 is 0 Å². The average molecular weight is 262 g/mol. The van der Waals surface area contributed by atoms with Crippen molar-refractivity contribution in [3.63, 3.8) is 0 Å². The van der Waals surface area contributed by atoms with Crippen molar-refractivity contribution >= 4 is 8.07 Å². The first-order valence-electron chi connectivity index (χ1n) is 6.84. The maximum absolute atomic E-state index is 9.90. The Hall–Kier alpha value is -0.863. The molecule has 0 saturated carbocycles. The topological polar surface area (TPSA) is 20.2 Å². The number of benzene rings is 1. The number of aliphatic hydroxyl groups is 1. The third-order valence-electron chi connectivity index (χ3n) is 2.91. The van der Waals surface area contributed by atoms with Crippen LogP contribution >= 0.6 is 0 Å². The highest BCUT2D eigenvalue weighted by Crippen LogP contribution is 2.11. The van der Waals surface area contributed by atoms with E-state index in [9.17, 15) is 5.11 Å². The molecule has 0 fully saturated rings. The molecule has 2 heteroatoms. The summed E-state index contributed by atoms with van der Waals surface area (Å²) in [5.74, 6) is 0. The molecule has 1 aromatic rings. The van der Waals surface area contributed by atoms with Gasteiger partial charge in [0.15, 0.2) is 0 Å². The number of aryl methyl sites for hydroxylation is 1. The van der Waals surface area contributed by atoms with E-state index in [1.54, 1.807) is 0 Å². The predicted octanol–water partition coefficient (Wildman–Crippen LogP) is 4.26. The maximum atomic E-state index is 9.90. The summed E-state index contributed by atoms with van der Waals surface area (Å²) in [5.41, 5.74) is 1.31. The fraction of sp³-hybridized carbons (Fsp3) is 0.500. The van der Waals surface area contributed by atoms with Gasteiger partial charge in [0.1, 0.15) is 0 Å². The van der Waals surface area contributed by atoms with Crippen molar-refractivity contribution in [3.05, 3.63) is 48.0 Å². The Labute approximate surface area is 113 Å². The predicted molar refractivity (Wildman–Crippen MR) is 82.7 cm³/mol. The fourth-order valence-corrected chi connectivity index (χ4v) is 2.66. The first-order valence-corrected chi connectivity index (χ1v) is 10.5. The van der Waals surface area contributed by atoms with E-state index in [1.807, 2.05) is 6.07 Å². The molecule has 100 valence electrons. The summed E-state index contributed by atoms with van der Waals surface area (Å²) < 4.78 is 0. The molecule has 0 bridgehead atoms. The summed E-state index contributed by atoms with van der Waals surface area (Å²) in [5, 5.41) is 9.90. The molecule has 0 aliphatic heterocycles. The van der Waals surface area contributed by atoms with Gasteiger partial charge in [-0.05, 0) is 30.9 Å². The van der Waals surface area contributed by atoms with Crippen molar-refractivity contribution in [1.29, 1.82) is 0 Å². The zero-order valence-electron chi connectivity index (χ0n) is 11.9. The molecular formula is C16H26OSi. The number of rotatable bonds is 7. The highest BCUT2D eigenvalue weighted by molar-refractivity contribution is 6.76. The SMILES string of the molecule is C[Si](C)(C)C/C=C/CC(O)CCc1ccccc1. The van der Waals surface area contributed by atoms with Gasteiger partial charge in [0.05, 0.1) is 6.10 Å². The Morgan fingerprint density at radius 2 is 1.78 bits per heavy atom. The van der Waals surface area contributed by atoms with Gasteiger partial charge in [0.2, 0.25) is 0 Å². The number of hydrogen-bond acceptors (Lipinski definition) is 1.